The van der Waals surface area contributed by atoms with Crippen molar-refractivity contribution in [2.75, 3.05) is 19.6 Å². The van der Waals surface area contributed by atoms with Gasteiger partial charge in [0.15, 0.2) is 0 Å². The molecular weight excluding hydrogens is 352 g/mol. The molecule has 160 valence electrons. The summed E-state index contributed by atoms with van der Waals surface area (Å²) in [4.78, 5) is 7.76. The molecule has 3 rings (SSSR count). The highest BCUT2D eigenvalue weighted by atomic mass is 15.1. The zero-order valence-corrected chi connectivity index (χ0v) is 19.9. The smallest absolute Gasteiger partial charge is 0.0658 e. The number of benzene rings is 1. The van der Waals surface area contributed by atoms with Gasteiger partial charge < -0.3 is 4.90 Å². The Hall–Kier alpha value is -1.41. The number of fused-ring (bicyclic) bond motifs is 1. The fourth-order valence-electron chi connectivity index (χ4n) is 5.22. The van der Waals surface area contributed by atoms with Crippen LogP contribution in [0.4, 0.5) is 0 Å². The Labute approximate surface area is 179 Å². The number of nitrogens with zero attached hydrogens (tertiary/aromatic N) is 2. The maximum atomic E-state index is 5.15. The first kappa shape index (κ1) is 22.3. The monoisotopic (exact) mass is 394 g/mol. The molecule has 0 spiro atoms. The summed E-state index contributed by atoms with van der Waals surface area (Å²) in [6.45, 7) is 19.9. The Morgan fingerprint density at radius 3 is 2.28 bits per heavy atom. The van der Waals surface area contributed by atoms with Gasteiger partial charge in [-0.3, -0.25) is 4.99 Å². The number of allylic oxidation sites excluding steroid dienone is 1. The number of likely N-dealkylation sites (tertiary alicyclic amines) is 1. The van der Waals surface area contributed by atoms with Crippen molar-refractivity contribution in [1.29, 1.82) is 0 Å². The normalized spacial score (nSPS) is 23.1. The first-order chi connectivity index (χ1) is 13.7. The first-order valence-corrected chi connectivity index (χ1v) is 11.8. The summed E-state index contributed by atoms with van der Waals surface area (Å²) in [5, 5.41) is 0. The zero-order chi connectivity index (χ0) is 21.2. The second kappa shape index (κ2) is 8.76. The van der Waals surface area contributed by atoms with Gasteiger partial charge in [0.2, 0.25) is 0 Å². The minimum atomic E-state index is 0.241. The molecule has 0 aromatic heterocycles. The highest BCUT2D eigenvalue weighted by Gasteiger charge is 2.37. The van der Waals surface area contributed by atoms with Gasteiger partial charge in [-0.2, -0.15) is 0 Å². The van der Waals surface area contributed by atoms with Gasteiger partial charge in [-0.1, -0.05) is 52.8 Å². The van der Waals surface area contributed by atoms with Crippen molar-refractivity contribution in [2.45, 2.75) is 91.4 Å². The molecule has 1 saturated heterocycles. The topological polar surface area (TPSA) is 15.6 Å². The van der Waals surface area contributed by atoms with Crippen molar-refractivity contribution in [3.8, 4) is 0 Å². The molecule has 0 atom stereocenters. The Kier molecular flexibility index (Phi) is 6.73. The second-order valence-electron chi connectivity index (χ2n) is 10.6. The summed E-state index contributed by atoms with van der Waals surface area (Å²) in [5.41, 5.74) is 7.28. The van der Waals surface area contributed by atoms with Crippen molar-refractivity contribution < 1.29 is 0 Å². The average Bonchev–Trinajstić information content (AvgIpc) is 2.70. The van der Waals surface area contributed by atoms with Gasteiger partial charge in [0, 0.05) is 11.3 Å². The fourth-order valence-corrected chi connectivity index (χ4v) is 5.22. The van der Waals surface area contributed by atoms with Crippen molar-refractivity contribution in [1.82, 2.24) is 4.90 Å². The van der Waals surface area contributed by atoms with E-state index in [1.54, 1.807) is 0 Å². The van der Waals surface area contributed by atoms with E-state index in [9.17, 15) is 0 Å². The van der Waals surface area contributed by atoms with Crippen molar-refractivity contribution in [3.05, 3.63) is 41.0 Å². The summed E-state index contributed by atoms with van der Waals surface area (Å²) in [6.07, 6.45) is 8.46. The van der Waals surface area contributed by atoms with Gasteiger partial charge in [0.1, 0.15) is 0 Å². The molecule has 0 unspecified atom stereocenters. The molecule has 1 heterocycles. The lowest BCUT2D eigenvalue weighted by Crippen LogP contribution is -2.36. The highest BCUT2D eigenvalue weighted by molar-refractivity contribution is 5.90. The summed E-state index contributed by atoms with van der Waals surface area (Å²) < 4.78 is 0. The van der Waals surface area contributed by atoms with E-state index in [1.165, 1.54) is 74.1 Å². The third kappa shape index (κ3) is 4.85. The number of hydrogen-bond donors (Lipinski definition) is 0. The van der Waals surface area contributed by atoms with E-state index in [0.29, 0.717) is 5.92 Å². The van der Waals surface area contributed by atoms with Gasteiger partial charge in [0.25, 0.3) is 0 Å². The standard InChI is InChI=1S/C27H42N2/c1-8-16-29-17-12-21(13-18-29)20(3)28-25(9-2)22-10-11-23-24(19-22)27(6,7)15-14-26(23,4)5/h9-11,19,21H,8,12-18H2,1-7H3/b25-9-,28-20?. The lowest BCUT2D eigenvalue weighted by molar-refractivity contribution is 0.210. The molecule has 1 aliphatic heterocycles. The Morgan fingerprint density at radius 1 is 1.07 bits per heavy atom. The van der Waals surface area contributed by atoms with Gasteiger partial charge in [-0.15, -0.1) is 0 Å². The molecule has 0 saturated carbocycles. The van der Waals surface area contributed by atoms with Crippen LogP contribution in [0.5, 0.6) is 0 Å². The number of aliphatic imine (C=N–C) groups is 1. The Balaban J connectivity index is 1.83. The summed E-state index contributed by atoms with van der Waals surface area (Å²) >= 11 is 0. The number of rotatable bonds is 5. The molecule has 1 aliphatic carbocycles. The molecular formula is C27H42N2. The molecule has 0 N–H and O–H groups in total. The Bertz CT molecular complexity index is 774. The molecule has 2 heteroatoms. The van der Waals surface area contributed by atoms with Gasteiger partial charge >= 0.3 is 0 Å². The summed E-state index contributed by atoms with van der Waals surface area (Å²) in [7, 11) is 0. The minimum Gasteiger partial charge on any atom is -0.303 e. The van der Waals surface area contributed by atoms with Crippen LogP contribution in [-0.2, 0) is 10.8 Å². The lowest BCUT2D eigenvalue weighted by Gasteiger charge is -2.42. The van der Waals surface area contributed by atoms with Crippen LogP contribution in [0.3, 0.4) is 0 Å². The van der Waals surface area contributed by atoms with E-state index in [0.717, 1.165) is 5.70 Å². The number of piperidine rings is 1. The van der Waals surface area contributed by atoms with Crippen molar-refractivity contribution >= 4 is 11.4 Å². The molecule has 29 heavy (non-hydrogen) atoms. The van der Waals surface area contributed by atoms with Crippen LogP contribution in [-0.4, -0.2) is 30.2 Å². The van der Waals surface area contributed by atoms with E-state index in [-0.39, 0.29) is 10.8 Å². The van der Waals surface area contributed by atoms with E-state index < -0.39 is 0 Å². The summed E-state index contributed by atoms with van der Waals surface area (Å²) in [5.74, 6) is 0.631. The van der Waals surface area contributed by atoms with Crippen molar-refractivity contribution in [2.24, 2.45) is 10.9 Å². The predicted molar refractivity (Wildman–Crippen MR) is 128 cm³/mol. The molecule has 1 aromatic rings. The van der Waals surface area contributed by atoms with Crippen LogP contribution in [0.25, 0.3) is 5.70 Å². The fraction of sp³-hybridized carbons (Fsp3) is 0.667. The summed E-state index contributed by atoms with van der Waals surface area (Å²) in [6, 6.07) is 7.12. The van der Waals surface area contributed by atoms with Crippen LogP contribution in [0, 0.1) is 5.92 Å². The molecule has 0 radical (unpaired) electrons. The van der Waals surface area contributed by atoms with E-state index in [4.69, 9.17) is 4.99 Å². The van der Waals surface area contributed by atoms with Crippen LogP contribution < -0.4 is 0 Å². The molecule has 0 amide bonds. The van der Waals surface area contributed by atoms with Gasteiger partial charge in [-0.25, -0.2) is 0 Å². The lowest BCUT2D eigenvalue weighted by atomic mass is 9.63. The van der Waals surface area contributed by atoms with Crippen LogP contribution in [0.2, 0.25) is 0 Å². The van der Waals surface area contributed by atoms with E-state index in [2.05, 4.69) is 77.6 Å². The third-order valence-corrected chi connectivity index (χ3v) is 7.44. The van der Waals surface area contributed by atoms with Crippen LogP contribution >= 0.6 is 0 Å². The largest absolute Gasteiger partial charge is 0.303 e. The average molecular weight is 395 g/mol. The number of hydrogen-bond acceptors (Lipinski definition) is 2. The molecule has 2 nitrogen and oxygen atoms in total. The van der Waals surface area contributed by atoms with Crippen LogP contribution in [0.1, 0.15) is 97.3 Å². The molecule has 2 aliphatic rings. The molecule has 1 aromatic carbocycles. The maximum absolute atomic E-state index is 5.15. The third-order valence-electron chi connectivity index (χ3n) is 7.44. The van der Waals surface area contributed by atoms with E-state index in [1.807, 2.05) is 0 Å². The maximum Gasteiger partial charge on any atom is 0.0658 e. The molecule has 1 fully saturated rings. The Morgan fingerprint density at radius 2 is 1.69 bits per heavy atom. The quantitative estimate of drug-likeness (QED) is 0.492. The van der Waals surface area contributed by atoms with Gasteiger partial charge in [-0.05, 0) is 99.5 Å². The van der Waals surface area contributed by atoms with Gasteiger partial charge in [0.05, 0.1) is 5.70 Å². The van der Waals surface area contributed by atoms with E-state index >= 15 is 0 Å². The highest BCUT2D eigenvalue weighted by Crippen LogP contribution is 2.46. The van der Waals surface area contributed by atoms with Crippen LogP contribution in [0.15, 0.2) is 29.3 Å². The minimum absolute atomic E-state index is 0.241. The second-order valence-corrected chi connectivity index (χ2v) is 10.6. The predicted octanol–water partition coefficient (Wildman–Crippen LogP) is 6.98. The molecule has 0 bridgehead atoms. The SMILES string of the molecule is C/C=C(\N=C(C)C1CCN(CCC)CC1)c1ccc2c(c1)C(C)(C)CCC2(C)C. The zero-order valence-electron chi connectivity index (χ0n) is 19.9. The van der Waals surface area contributed by atoms with Crippen molar-refractivity contribution in [3.63, 3.8) is 0 Å². The first-order valence-electron chi connectivity index (χ1n) is 11.8.